The maximum atomic E-state index is 6.50. The highest BCUT2D eigenvalue weighted by molar-refractivity contribution is 6.00. The van der Waals surface area contributed by atoms with Crippen LogP contribution in [0.1, 0.15) is 37.7 Å². The van der Waals surface area contributed by atoms with Crippen LogP contribution in [0.3, 0.4) is 0 Å². The lowest BCUT2D eigenvalue weighted by Gasteiger charge is -2.60. The number of aliphatic imine (C=N–C) groups is 1. The summed E-state index contributed by atoms with van der Waals surface area (Å²) in [4.78, 5) is 4.75. The highest BCUT2D eigenvalue weighted by atomic mass is 15.0. The van der Waals surface area contributed by atoms with Crippen LogP contribution in [-0.4, -0.2) is 5.84 Å². The second-order valence-electron chi connectivity index (χ2n) is 7.19. The van der Waals surface area contributed by atoms with E-state index < -0.39 is 0 Å². The second-order valence-corrected chi connectivity index (χ2v) is 7.19. The zero-order valence-corrected chi connectivity index (χ0v) is 11.2. The van der Waals surface area contributed by atoms with Crippen LogP contribution < -0.4 is 5.73 Å². The number of hydrogen-bond donors (Lipinski definition) is 1. The molecule has 1 aliphatic heterocycles. The molecule has 4 fully saturated rings. The summed E-state index contributed by atoms with van der Waals surface area (Å²) in [6, 6.07) is 8.69. The van der Waals surface area contributed by atoms with Gasteiger partial charge in [0.1, 0.15) is 5.84 Å². The molecule has 0 aromatic heterocycles. The zero-order valence-electron chi connectivity index (χ0n) is 11.2. The fourth-order valence-corrected chi connectivity index (χ4v) is 6.07. The summed E-state index contributed by atoms with van der Waals surface area (Å²) >= 11 is 0. The van der Waals surface area contributed by atoms with Crippen LogP contribution >= 0.6 is 0 Å². The van der Waals surface area contributed by atoms with E-state index in [1.54, 1.807) is 0 Å². The van der Waals surface area contributed by atoms with Gasteiger partial charge in [0.25, 0.3) is 0 Å². The maximum Gasteiger partial charge on any atom is 0.111 e. The van der Waals surface area contributed by atoms with E-state index in [2.05, 4.69) is 24.3 Å². The minimum atomic E-state index is 0.115. The number of nitrogens with two attached hydrogens (primary N) is 1. The Balaban J connectivity index is 1.74. The number of fused-ring (bicyclic) bond motifs is 1. The van der Waals surface area contributed by atoms with Crippen molar-refractivity contribution < 1.29 is 0 Å². The molecule has 1 heterocycles. The largest absolute Gasteiger partial charge is 0.386 e. The Morgan fingerprint density at radius 2 is 1.58 bits per heavy atom. The van der Waals surface area contributed by atoms with E-state index in [9.17, 15) is 0 Å². The van der Waals surface area contributed by atoms with E-state index in [0.29, 0.717) is 0 Å². The Morgan fingerprint density at radius 3 is 2.26 bits per heavy atom. The average Bonchev–Trinajstić information content (AvgIpc) is 2.68. The van der Waals surface area contributed by atoms with Gasteiger partial charge in [0.2, 0.25) is 0 Å². The molecule has 0 atom stereocenters. The van der Waals surface area contributed by atoms with Gasteiger partial charge in [-0.05, 0) is 67.4 Å². The molecule has 2 heteroatoms. The number of hydrogen-bond acceptors (Lipinski definition) is 2. The van der Waals surface area contributed by atoms with E-state index in [1.165, 1.54) is 37.7 Å². The van der Waals surface area contributed by atoms with Gasteiger partial charge in [-0.25, -0.2) is 4.99 Å². The predicted octanol–water partition coefficient (Wildman–Crippen LogP) is 3.38. The van der Waals surface area contributed by atoms with E-state index in [-0.39, 0.29) is 5.41 Å². The minimum Gasteiger partial charge on any atom is -0.386 e. The number of rotatable bonds is 0. The third-order valence-corrected chi connectivity index (χ3v) is 6.44. The molecular weight excluding hydrogens is 232 g/mol. The third-order valence-electron chi connectivity index (χ3n) is 6.44. The Morgan fingerprint density at radius 1 is 0.947 bits per heavy atom. The zero-order chi connectivity index (χ0) is 12.6. The van der Waals surface area contributed by atoms with Crippen LogP contribution in [0.25, 0.3) is 0 Å². The van der Waals surface area contributed by atoms with Gasteiger partial charge in [-0.2, -0.15) is 0 Å². The molecule has 1 spiro atoms. The van der Waals surface area contributed by atoms with Crippen molar-refractivity contribution in [3.05, 3.63) is 29.8 Å². The molecule has 0 saturated heterocycles. The third kappa shape index (κ3) is 1.08. The Bertz CT molecular complexity index is 559. The van der Waals surface area contributed by atoms with Gasteiger partial charge in [0, 0.05) is 0 Å². The van der Waals surface area contributed by atoms with Gasteiger partial charge in [0.05, 0.1) is 11.1 Å². The van der Waals surface area contributed by atoms with Crippen LogP contribution in [-0.2, 0) is 5.41 Å². The molecule has 2 nitrogen and oxygen atoms in total. The normalized spacial score (nSPS) is 45.6. The number of nitrogens with zero attached hydrogens (tertiary/aromatic N) is 1. The summed E-state index contributed by atoms with van der Waals surface area (Å²) in [5.74, 6) is 4.41. The molecule has 4 saturated carbocycles. The van der Waals surface area contributed by atoms with Crippen molar-refractivity contribution in [2.24, 2.45) is 34.4 Å². The molecule has 4 bridgehead atoms. The fourth-order valence-electron chi connectivity index (χ4n) is 6.07. The van der Waals surface area contributed by atoms with Crippen molar-refractivity contribution in [1.29, 1.82) is 0 Å². The second kappa shape index (κ2) is 3.23. The predicted molar refractivity (Wildman–Crippen MR) is 76.4 cm³/mol. The molecule has 2 N–H and O–H groups in total. The molecule has 0 unspecified atom stereocenters. The Hall–Kier alpha value is -1.31. The molecule has 19 heavy (non-hydrogen) atoms. The number of amidine groups is 1. The molecule has 0 radical (unpaired) electrons. The van der Waals surface area contributed by atoms with Crippen molar-refractivity contribution in [2.75, 3.05) is 0 Å². The van der Waals surface area contributed by atoms with Gasteiger partial charge in [-0.1, -0.05) is 18.2 Å². The highest BCUT2D eigenvalue weighted by Crippen LogP contribution is 2.65. The van der Waals surface area contributed by atoms with Gasteiger partial charge in [-0.15, -0.1) is 0 Å². The molecule has 1 aromatic carbocycles. The van der Waals surface area contributed by atoms with Crippen LogP contribution in [0.5, 0.6) is 0 Å². The van der Waals surface area contributed by atoms with Crippen molar-refractivity contribution in [3.63, 3.8) is 0 Å². The standard InChI is InChI=1S/C17H20N2/c18-16-17(14-3-1-2-4-15(14)19-16)12-6-10-5-11(8-12)9-13(17)7-10/h1-4,10-13H,5-9H2,(H2,18,19). The Labute approximate surface area is 114 Å². The van der Waals surface area contributed by atoms with Gasteiger partial charge in [-0.3, -0.25) is 0 Å². The van der Waals surface area contributed by atoms with Crippen molar-refractivity contribution >= 4 is 11.5 Å². The number of para-hydroxylation sites is 1. The minimum absolute atomic E-state index is 0.115. The summed E-state index contributed by atoms with van der Waals surface area (Å²) in [6.07, 6.45) is 7.03. The van der Waals surface area contributed by atoms with Gasteiger partial charge < -0.3 is 5.73 Å². The van der Waals surface area contributed by atoms with Gasteiger partial charge in [0.15, 0.2) is 0 Å². The molecule has 6 rings (SSSR count). The molecule has 98 valence electrons. The first kappa shape index (κ1) is 10.5. The monoisotopic (exact) mass is 252 g/mol. The van der Waals surface area contributed by atoms with E-state index in [0.717, 1.165) is 35.2 Å². The topological polar surface area (TPSA) is 38.4 Å². The summed E-state index contributed by atoms with van der Waals surface area (Å²) in [6.45, 7) is 0. The fraction of sp³-hybridized carbons (Fsp3) is 0.588. The SMILES string of the molecule is NC1=Nc2ccccc2C12C1CC3CC(C1)CC2C3. The van der Waals surface area contributed by atoms with Gasteiger partial charge >= 0.3 is 0 Å². The highest BCUT2D eigenvalue weighted by Gasteiger charge is 2.61. The maximum absolute atomic E-state index is 6.50. The summed E-state index contributed by atoms with van der Waals surface area (Å²) in [7, 11) is 0. The Kier molecular flexibility index (Phi) is 1.78. The van der Waals surface area contributed by atoms with E-state index in [1.807, 2.05) is 0 Å². The number of benzene rings is 1. The molecule has 0 amide bonds. The van der Waals surface area contributed by atoms with Crippen LogP contribution in [0.15, 0.2) is 29.3 Å². The smallest absolute Gasteiger partial charge is 0.111 e. The van der Waals surface area contributed by atoms with Crippen LogP contribution in [0, 0.1) is 23.7 Å². The lowest BCUT2D eigenvalue weighted by atomic mass is 9.44. The van der Waals surface area contributed by atoms with Crippen LogP contribution in [0.4, 0.5) is 5.69 Å². The molecule has 4 aliphatic carbocycles. The molecular formula is C17H20N2. The van der Waals surface area contributed by atoms with E-state index >= 15 is 0 Å². The lowest BCUT2D eigenvalue weighted by Crippen LogP contribution is -2.60. The lowest BCUT2D eigenvalue weighted by molar-refractivity contribution is -0.0281. The molecule has 1 aromatic rings. The quantitative estimate of drug-likeness (QED) is 0.755. The van der Waals surface area contributed by atoms with Crippen molar-refractivity contribution in [1.82, 2.24) is 0 Å². The molecule has 5 aliphatic rings. The first-order valence-corrected chi connectivity index (χ1v) is 7.72. The average molecular weight is 252 g/mol. The van der Waals surface area contributed by atoms with E-state index in [4.69, 9.17) is 10.7 Å². The summed E-state index contributed by atoms with van der Waals surface area (Å²) in [5.41, 5.74) is 9.20. The van der Waals surface area contributed by atoms with Crippen molar-refractivity contribution in [3.8, 4) is 0 Å². The summed E-state index contributed by atoms with van der Waals surface area (Å²) < 4.78 is 0. The first-order valence-electron chi connectivity index (χ1n) is 7.72. The van der Waals surface area contributed by atoms with Crippen molar-refractivity contribution in [2.45, 2.75) is 37.5 Å². The first-order chi connectivity index (χ1) is 9.28. The summed E-state index contributed by atoms with van der Waals surface area (Å²) in [5, 5.41) is 0. The van der Waals surface area contributed by atoms with Crippen LogP contribution in [0.2, 0.25) is 0 Å².